The van der Waals surface area contributed by atoms with E-state index in [0.29, 0.717) is 28.7 Å². The van der Waals surface area contributed by atoms with Gasteiger partial charge in [-0.3, -0.25) is 9.59 Å². The van der Waals surface area contributed by atoms with Crippen molar-refractivity contribution in [2.75, 3.05) is 14.2 Å². The molecule has 0 spiro atoms. The van der Waals surface area contributed by atoms with Crippen LogP contribution in [0.4, 0.5) is 0 Å². The van der Waals surface area contributed by atoms with E-state index in [4.69, 9.17) is 78.4 Å². The molecule has 0 amide bonds. The molecule has 14 nitrogen and oxygen atoms in total. The number of fused-ring (bicyclic) bond motifs is 8. The third-order valence-electron chi connectivity index (χ3n) is 28.1. The van der Waals surface area contributed by atoms with E-state index in [1.807, 2.05) is 129 Å². The first-order chi connectivity index (χ1) is 59.7. The Hall–Kier alpha value is -8.35. The van der Waals surface area contributed by atoms with E-state index in [1.165, 1.54) is 147 Å². The van der Waals surface area contributed by atoms with Gasteiger partial charge in [0.15, 0.2) is 6.71 Å². The smallest absolute Gasteiger partial charge is 0.488 e. The number of hydrogen-bond donors (Lipinski definition) is 2. The van der Waals surface area contributed by atoms with Crippen LogP contribution < -0.4 is 67.2 Å². The van der Waals surface area contributed by atoms with Gasteiger partial charge < -0.3 is 57.3 Å². The Morgan fingerprint density at radius 1 is 0.397 bits per heavy atom. The number of aryl methyl sites for hydroxylation is 1. The van der Waals surface area contributed by atoms with Gasteiger partial charge in [0.1, 0.15) is 51.7 Å². The molecule has 3 aliphatic carbocycles. The maximum absolute atomic E-state index is 9.00. The van der Waals surface area contributed by atoms with Crippen LogP contribution in [-0.4, -0.2) is 110 Å². The largest absolute Gasteiger partial charge is 0.496 e. The Morgan fingerprint density at radius 3 is 1.17 bits per heavy atom. The third-order valence-corrected chi connectivity index (χ3v) is 32.0. The van der Waals surface area contributed by atoms with E-state index in [9.17, 15) is 0 Å². The van der Waals surface area contributed by atoms with Crippen molar-refractivity contribution in [3.8, 4) is 85.1 Å². The fraction of sp³-hybridized carbons (Fsp3) is 0.404. The molecule has 0 aromatic heterocycles. The number of hydrogen-bond acceptors (Lipinski definition) is 12. The van der Waals surface area contributed by atoms with Crippen LogP contribution in [0.2, 0.25) is 17.7 Å². The fourth-order valence-corrected chi connectivity index (χ4v) is 23.9. The topological polar surface area (TPSA) is 167 Å². The van der Waals surface area contributed by atoms with Crippen molar-refractivity contribution < 1.29 is 87.3 Å². The zero-order valence-corrected chi connectivity index (χ0v) is 79.8. The molecule has 10 aliphatic rings. The van der Waals surface area contributed by atoms with Crippen LogP contribution in [0.15, 0.2) is 212 Å². The summed E-state index contributed by atoms with van der Waals surface area (Å²) in [4.78, 5) is 18.0. The van der Waals surface area contributed by atoms with E-state index in [2.05, 4.69) is 180 Å². The van der Waals surface area contributed by atoms with E-state index in [0.717, 1.165) is 110 Å². The van der Waals surface area contributed by atoms with Crippen molar-refractivity contribution in [2.24, 2.45) is 10.8 Å². The first-order valence-corrected chi connectivity index (χ1v) is 47.0. The second-order valence-electron chi connectivity index (χ2n) is 38.2. The molecular formula is C104H123B5ClO14PPd. The Labute approximate surface area is 770 Å². The van der Waals surface area contributed by atoms with Gasteiger partial charge in [-0.25, -0.2) is 0 Å². The van der Waals surface area contributed by atoms with Gasteiger partial charge in [-0.15, -0.1) is 0 Å². The quantitative estimate of drug-likeness (QED) is 0.0980. The van der Waals surface area contributed by atoms with Gasteiger partial charge in [-0.1, -0.05) is 280 Å². The van der Waals surface area contributed by atoms with Crippen LogP contribution in [0.3, 0.4) is 0 Å². The van der Waals surface area contributed by atoms with Crippen LogP contribution in [0.1, 0.15) is 192 Å². The molecule has 7 aliphatic heterocycles. The zero-order valence-electron chi connectivity index (χ0n) is 76.6. The molecule has 20 rings (SSSR count). The average Bonchev–Trinajstić information content (AvgIpc) is 0.963. The molecule has 10 aromatic rings. The van der Waals surface area contributed by atoms with Crippen LogP contribution in [0.5, 0.6) is 51.7 Å². The van der Waals surface area contributed by atoms with Crippen molar-refractivity contribution in [1.29, 1.82) is 0 Å². The van der Waals surface area contributed by atoms with Crippen LogP contribution >= 0.6 is 19.5 Å². The number of carboxylic acid groups (broad SMARTS) is 2. The summed E-state index contributed by atoms with van der Waals surface area (Å²) in [5.74, 6) is 6.51. The van der Waals surface area contributed by atoms with Crippen LogP contribution in [0.25, 0.3) is 33.4 Å². The minimum absolute atomic E-state index is 0. The number of carbonyl (C=O) groups is 2. The fourth-order valence-electron chi connectivity index (χ4n) is 19.7. The third kappa shape index (κ3) is 20.4. The van der Waals surface area contributed by atoms with Crippen molar-refractivity contribution in [3.63, 3.8) is 0 Å². The number of halogens is 1. The second-order valence-corrected chi connectivity index (χ2v) is 41.3. The van der Waals surface area contributed by atoms with Crippen molar-refractivity contribution in [2.45, 2.75) is 246 Å². The Kier molecular flexibility index (Phi) is 30.5. The SMILES string of the molecule is CC(=O)O.CC(=O)O.CC1(C)CB(c2ccccc2-c2cccc3c2Oc2cccc4c2B3c2ccccc2O4)CC1(C)C.CC1(C)OB(B2OC(C)(C)C(C)(C)O2)OC1(C)C.COC1CCCC1.COc1cccc(C)c1-c1ccccc1P(C1CCCCC1)C1CCCCC1.Clc1ccccc1-c1cccc2c1Oc1cccc3c1B2c1ccccc1O3.[Pd]. The molecule has 2 N–H and O–H groups in total. The van der Waals surface area contributed by atoms with Crippen LogP contribution in [-0.2, 0) is 53.4 Å². The number of methoxy groups -OCH3 is 2. The van der Waals surface area contributed by atoms with Gasteiger partial charge in [0.05, 0.1) is 35.6 Å². The first kappa shape index (κ1) is 95.2. The summed E-state index contributed by atoms with van der Waals surface area (Å²) in [7, 11) is 2.54. The molecule has 0 radical (unpaired) electrons. The van der Waals surface area contributed by atoms with Gasteiger partial charge in [0.2, 0.25) is 0 Å². The van der Waals surface area contributed by atoms with Crippen molar-refractivity contribution in [1.82, 2.24) is 0 Å². The molecule has 0 unspecified atom stereocenters. The van der Waals surface area contributed by atoms with Crippen LogP contribution in [0, 0.1) is 17.8 Å². The minimum Gasteiger partial charge on any atom is -0.496 e. The maximum atomic E-state index is 9.00. The number of aliphatic carboxylic acids is 2. The standard InChI is InChI=1S/C32H30B2O2.C26H35OP.C24H14BClO2.C12H24B2O4.C6H12O.2C2H4O2.Pd/c1-31(2)19-33(20-32(31,3)4)23-13-6-5-11-21(23)22-12-9-15-25-30(22)36-28-18-10-17-27-29(28)34(25)24-14-7-8-16-26(24)35-27;1-20-12-11-18-24(27-2)26(20)23-17-9-10-19-25(23)28(21-13-5-3-6-14-21)22-15-7-4-8-16-22;26-19-11-3-1-7-15(19)16-8-5-10-18-24(16)28-22-14-6-13-21-23(22)25(18)17-9-2-4-12-20(17)27-21;1-9(2)10(3,4)16-13(15-9)14-17-11(5,6)12(7,8)18-14;1-7-6-4-2-3-5-6;2*1-2(3)4;/h5-18H,19-20H2,1-4H3;9-12,17-19,21-22H,3-8,13-16H2,1-2H3;1-14H;1-8H3;6H,2-5H2,1H3;2*1H3,(H,3,4);. The van der Waals surface area contributed by atoms with E-state index in [-0.39, 0.29) is 64.2 Å². The molecule has 0 atom stereocenters. The maximum Gasteiger partial charge on any atom is 0.488 e. The second kappa shape index (κ2) is 40.3. The van der Waals surface area contributed by atoms with E-state index < -0.39 is 26.0 Å². The molecule has 660 valence electrons. The summed E-state index contributed by atoms with van der Waals surface area (Å²) in [6.07, 6.45) is 22.7. The Balaban J connectivity index is 0.000000138. The number of ether oxygens (including phenoxy) is 6. The van der Waals surface area contributed by atoms with Gasteiger partial charge in [-0.2, -0.15) is 0 Å². The van der Waals surface area contributed by atoms with E-state index in [1.54, 1.807) is 12.4 Å². The molecule has 22 heteroatoms. The monoisotopic (exact) mass is 1820 g/mol. The van der Waals surface area contributed by atoms with Crippen molar-refractivity contribution >= 4 is 109 Å². The minimum atomic E-state index is -0.833. The summed E-state index contributed by atoms with van der Waals surface area (Å²) in [6.45, 7) is 31.0. The molecule has 6 fully saturated rings. The molecule has 3 saturated heterocycles. The van der Waals surface area contributed by atoms with Gasteiger partial charge in [-0.05, 0) is 215 Å². The summed E-state index contributed by atoms with van der Waals surface area (Å²) < 4.78 is 60.4. The summed E-state index contributed by atoms with van der Waals surface area (Å²) >= 11 is 6.51. The summed E-state index contributed by atoms with van der Waals surface area (Å²) in [5, 5.41) is 17.2. The van der Waals surface area contributed by atoms with Gasteiger partial charge in [0, 0.05) is 79.6 Å². The number of para-hydroxylation sites is 4. The molecular weight excluding hydrogens is 1700 g/mol. The summed E-state index contributed by atoms with van der Waals surface area (Å²) in [5.41, 5.74) is 17.9. The molecule has 126 heavy (non-hydrogen) atoms. The molecule has 10 aromatic carbocycles. The van der Waals surface area contributed by atoms with Gasteiger partial charge in [0.25, 0.3) is 25.4 Å². The average molecular weight is 1820 g/mol. The van der Waals surface area contributed by atoms with Crippen molar-refractivity contribution in [3.05, 3.63) is 223 Å². The van der Waals surface area contributed by atoms with Gasteiger partial charge >= 0.3 is 14.0 Å². The first-order valence-electron chi connectivity index (χ1n) is 45.1. The predicted octanol–water partition coefficient (Wildman–Crippen LogP) is 22.0. The number of benzene rings is 10. The number of carboxylic acids is 2. The molecule has 7 heterocycles. The zero-order chi connectivity index (χ0) is 88.9. The molecule has 3 saturated carbocycles. The summed E-state index contributed by atoms with van der Waals surface area (Å²) in [6, 6.07) is 74.5. The number of rotatable bonds is 10. The predicted molar refractivity (Wildman–Crippen MR) is 518 cm³/mol. The molecule has 0 bridgehead atoms. The Bertz CT molecular complexity index is 5370. The normalized spacial score (nSPS) is 18.5. The Morgan fingerprint density at radius 2 is 0.738 bits per heavy atom. The van der Waals surface area contributed by atoms with E-state index >= 15 is 0 Å².